The topological polar surface area (TPSA) is 63.0 Å². The van der Waals surface area contributed by atoms with Gasteiger partial charge in [0.1, 0.15) is 5.75 Å². The third-order valence-corrected chi connectivity index (χ3v) is 4.79. The maximum absolute atomic E-state index is 12.9. The van der Waals surface area contributed by atoms with Crippen LogP contribution in [0.15, 0.2) is 42.6 Å². The number of pyridine rings is 1. The van der Waals surface area contributed by atoms with Crippen LogP contribution in [-0.2, 0) is 0 Å². The molecule has 0 saturated carbocycles. The molecule has 0 atom stereocenters. The molecular weight excluding hydrogens is 330 g/mol. The van der Waals surface area contributed by atoms with E-state index in [0.29, 0.717) is 17.0 Å². The van der Waals surface area contributed by atoms with Gasteiger partial charge in [0.05, 0.1) is 18.2 Å². The number of piperazine rings is 1. The average molecular weight is 351 g/mol. The highest BCUT2D eigenvalue weighted by Gasteiger charge is 2.21. The molecule has 0 unspecified atom stereocenters. The Bertz CT molecular complexity index is 944. The quantitative estimate of drug-likeness (QED) is 0.720. The molecule has 1 aliphatic heterocycles. The third kappa shape index (κ3) is 2.90. The van der Waals surface area contributed by atoms with Crippen LogP contribution >= 0.6 is 0 Å². The first kappa shape index (κ1) is 16.5. The zero-order chi connectivity index (χ0) is 18.1. The van der Waals surface area contributed by atoms with E-state index in [1.54, 1.807) is 7.11 Å². The largest absolute Gasteiger partial charge is 0.496 e. The number of ether oxygens (including phenoxy) is 1. The van der Waals surface area contributed by atoms with Gasteiger partial charge in [0.15, 0.2) is 11.5 Å². The Balaban J connectivity index is 1.72. The van der Waals surface area contributed by atoms with Crippen molar-refractivity contribution in [3.05, 3.63) is 48.2 Å². The van der Waals surface area contributed by atoms with Crippen molar-refractivity contribution in [2.24, 2.45) is 0 Å². The summed E-state index contributed by atoms with van der Waals surface area (Å²) in [5.41, 5.74) is 2.17. The molecule has 1 aromatic carbocycles. The molecule has 0 N–H and O–H groups in total. The summed E-state index contributed by atoms with van der Waals surface area (Å²) in [5.74, 6) is 1.42. The maximum atomic E-state index is 12.9. The molecule has 26 heavy (non-hydrogen) atoms. The molecule has 0 spiro atoms. The number of amides is 1. The van der Waals surface area contributed by atoms with E-state index >= 15 is 0 Å². The van der Waals surface area contributed by atoms with Crippen LogP contribution in [0, 0.1) is 0 Å². The molecule has 0 aliphatic carbocycles. The fourth-order valence-electron chi connectivity index (χ4n) is 3.22. The minimum atomic E-state index is 0.0414. The Labute approximate surface area is 151 Å². The highest BCUT2D eigenvalue weighted by molar-refractivity contribution is 5.94. The Morgan fingerprint density at radius 1 is 1.04 bits per heavy atom. The fraction of sp³-hybridized carbons (Fsp3) is 0.316. The molecule has 4 rings (SSSR count). The fourth-order valence-corrected chi connectivity index (χ4v) is 3.22. The molecule has 7 heteroatoms. The number of likely N-dealkylation sites (N-methyl/N-ethyl adjacent to an activating group) is 1. The normalized spacial score (nSPS) is 15.4. The molecule has 3 aromatic rings. The van der Waals surface area contributed by atoms with Crippen molar-refractivity contribution < 1.29 is 9.53 Å². The summed E-state index contributed by atoms with van der Waals surface area (Å²) >= 11 is 0. The van der Waals surface area contributed by atoms with Gasteiger partial charge in [-0.2, -0.15) is 0 Å². The predicted octanol–water partition coefficient (Wildman–Crippen LogP) is 1.79. The average Bonchev–Trinajstić information content (AvgIpc) is 3.11. The van der Waals surface area contributed by atoms with Crippen LogP contribution in [0.25, 0.3) is 17.0 Å². The number of hydrogen-bond donors (Lipinski definition) is 0. The molecule has 1 saturated heterocycles. The number of methoxy groups -OCH3 is 1. The molecule has 7 nitrogen and oxygen atoms in total. The zero-order valence-corrected chi connectivity index (χ0v) is 14.9. The van der Waals surface area contributed by atoms with E-state index in [2.05, 4.69) is 22.1 Å². The monoisotopic (exact) mass is 351 g/mol. The van der Waals surface area contributed by atoms with Crippen LogP contribution in [-0.4, -0.2) is 70.6 Å². The molecule has 2 aromatic heterocycles. The lowest BCUT2D eigenvalue weighted by Gasteiger charge is -2.32. The molecule has 1 fully saturated rings. The van der Waals surface area contributed by atoms with Gasteiger partial charge < -0.3 is 14.5 Å². The van der Waals surface area contributed by atoms with E-state index in [-0.39, 0.29) is 5.91 Å². The van der Waals surface area contributed by atoms with Gasteiger partial charge in [-0.05, 0) is 31.3 Å². The number of rotatable bonds is 3. The van der Waals surface area contributed by atoms with Crippen LogP contribution in [0.1, 0.15) is 10.4 Å². The number of carbonyl (C=O) groups excluding carboxylic acids is 1. The first-order chi connectivity index (χ1) is 12.7. The SMILES string of the molecule is COc1ccccc1-c1nnc2ccc(C(=O)N3CCN(C)CC3)cn12. The van der Waals surface area contributed by atoms with E-state index in [1.807, 2.05) is 51.9 Å². The number of aromatic nitrogens is 3. The number of carbonyl (C=O) groups is 1. The van der Waals surface area contributed by atoms with Gasteiger partial charge in [-0.3, -0.25) is 9.20 Å². The van der Waals surface area contributed by atoms with E-state index in [4.69, 9.17) is 4.74 Å². The first-order valence-electron chi connectivity index (χ1n) is 8.63. The van der Waals surface area contributed by atoms with Crippen molar-refractivity contribution in [2.75, 3.05) is 40.3 Å². The number of fused-ring (bicyclic) bond motifs is 1. The van der Waals surface area contributed by atoms with E-state index in [9.17, 15) is 4.79 Å². The standard InChI is InChI=1S/C19H21N5O2/c1-22-9-11-23(12-10-22)19(25)14-7-8-17-20-21-18(24(17)13-14)15-5-3-4-6-16(15)26-2/h3-8,13H,9-12H2,1-2H3. The smallest absolute Gasteiger partial charge is 0.255 e. The van der Waals surface area contributed by atoms with Gasteiger partial charge in [-0.1, -0.05) is 12.1 Å². The van der Waals surface area contributed by atoms with Crippen molar-refractivity contribution >= 4 is 11.6 Å². The highest BCUT2D eigenvalue weighted by atomic mass is 16.5. The summed E-state index contributed by atoms with van der Waals surface area (Å²) in [5, 5.41) is 8.52. The lowest BCUT2D eigenvalue weighted by atomic mass is 10.2. The minimum absolute atomic E-state index is 0.0414. The van der Waals surface area contributed by atoms with E-state index in [1.165, 1.54) is 0 Å². The second-order valence-electron chi connectivity index (χ2n) is 6.47. The highest BCUT2D eigenvalue weighted by Crippen LogP contribution is 2.28. The molecule has 0 radical (unpaired) electrons. The van der Waals surface area contributed by atoms with Gasteiger partial charge in [0.25, 0.3) is 5.91 Å². The van der Waals surface area contributed by atoms with Crippen LogP contribution in [0.5, 0.6) is 5.75 Å². The third-order valence-electron chi connectivity index (χ3n) is 4.79. The van der Waals surface area contributed by atoms with Crippen molar-refractivity contribution in [1.29, 1.82) is 0 Å². The van der Waals surface area contributed by atoms with E-state index < -0.39 is 0 Å². The number of nitrogens with zero attached hydrogens (tertiary/aromatic N) is 5. The van der Waals surface area contributed by atoms with Crippen molar-refractivity contribution in [1.82, 2.24) is 24.4 Å². The summed E-state index contributed by atoms with van der Waals surface area (Å²) in [6, 6.07) is 11.3. The Morgan fingerprint density at radius 3 is 2.58 bits per heavy atom. The Morgan fingerprint density at radius 2 is 1.81 bits per heavy atom. The van der Waals surface area contributed by atoms with Crippen molar-refractivity contribution in [3.63, 3.8) is 0 Å². The molecule has 134 valence electrons. The number of hydrogen-bond acceptors (Lipinski definition) is 5. The molecule has 3 heterocycles. The van der Waals surface area contributed by atoms with Gasteiger partial charge in [-0.15, -0.1) is 10.2 Å². The summed E-state index contributed by atoms with van der Waals surface area (Å²) < 4.78 is 7.29. The summed E-state index contributed by atoms with van der Waals surface area (Å²) in [6.07, 6.45) is 1.82. The lowest BCUT2D eigenvalue weighted by molar-refractivity contribution is 0.0663. The minimum Gasteiger partial charge on any atom is -0.496 e. The predicted molar refractivity (Wildman–Crippen MR) is 98.4 cm³/mol. The summed E-state index contributed by atoms with van der Waals surface area (Å²) in [6.45, 7) is 3.28. The summed E-state index contributed by atoms with van der Waals surface area (Å²) in [7, 11) is 3.70. The molecule has 0 bridgehead atoms. The number of benzene rings is 1. The van der Waals surface area contributed by atoms with Gasteiger partial charge >= 0.3 is 0 Å². The van der Waals surface area contributed by atoms with Crippen LogP contribution in [0.2, 0.25) is 0 Å². The Hall–Kier alpha value is -2.93. The van der Waals surface area contributed by atoms with E-state index in [0.717, 1.165) is 37.5 Å². The first-order valence-corrected chi connectivity index (χ1v) is 8.63. The van der Waals surface area contributed by atoms with Crippen LogP contribution in [0.4, 0.5) is 0 Å². The molecular formula is C19H21N5O2. The Kier molecular flexibility index (Phi) is 4.30. The zero-order valence-electron chi connectivity index (χ0n) is 14.9. The maximum Gasteiger partial charge on any atom is 0.255 e. The van der Waals surface area contributed by atoms with Crippen LogP contribution in [0.3, 0.4) is 0 Å². The van der Waals surface area contributed by atoms with Crippen LogP contribution < -0.4 is 4.74 Å². The second kappa shape index (κ2) is 6.76. The van der Waals surface area contributed by atoms with Gasteiger partial charge in [0, 0.05) is 32.4 Å². The lowest BCUT2D eigenvalue weighted by Crippen LogP contribution is -2.47. The number of para-hydroxylation sites is 1. The van der Waals surface area contributed by atoms with Crippen molar-refractivity contribution in [2.45, 2.75) is 0 Å². The summed E-state index contributed by atoms with van der Waals surface area (Å²) in [4.78, 5) is 17.0. The van der Waals surface area contributed by atoms with Gasteiger partial charge in [0.2, 0.25) is 0 Å². The molecule has 1 amide bonds. The molecule has 1 aliphatic rings. The van der Waals surface area contributed by atoms with Gasteiger partial charge in [-0.25, -0.2) is 0 Å². The van der Waals surface area contributed by atoms with Crippen molar-refractivity contribution in [3.8, 4) is 17.1 Å². The second-order valence-corrected chi connectivity index (χ2v) is 6.47.